The van der Waals surface area contributed by atoms with Gasteiger partial charge in [0.2, 0.25) is 5.91 Å². The Bertz CT molecular complexity index is 259. The van der Waals surface area contributed by atoms with Gasteiger partial charge in [0.1, 0.15) is 0 Å². The maximum absolute atomic E-state index is 12.0. The van der Waals surface area contributed by atoms with Crippen molar-refractivity contribution in [3.63, 3.8) is 0 Å². The van der Waals surface area contributed by atoms with E-state index in [1.165, 1.54) is 38.5 Å². The monoisotopic (exact) mass is 268 g/mol. The van der Waals surface area contributed by atoms with Crippen LogP contribution in [0.2, 0.25) is 0 Å². The molecule has 1 aliphatic rings. The molecule has 0 aromatic rings. The fraction of sp³-hybridized carbons (Fsp3) is 0.938. The first kappa shape index (κ1) is 16.5. The molecule has 0 radical (unpaired) electrons. The Morgan fingerprint density at radius 3 is 2.32 bits per heavy atom. The Morgan fingerprint density at radius 1 is 1.16 bits per heavy atom. The molecule has 0 aromatic heterocycles. The van der Waals surface area contributed by atoms with Crippen LogP contribution in [0, 0.1) is 5.92 Å². The highest BCUT2D eigenvalue weighted by molar-refractivity contribution is 5.81. The second kappa shape index (κ2) is 8.57. The van der Waals surface area contributed by atoms with Crippen LogP contribution in [0.3, 0.4) is 0 Å². The Hall–Kier alpha value is -0.570. The lowest BCUT2D eigenvalue weighted by Crippen LogP contribution is -2.49. The summed E-state index contributed by atoms with van der Waals surface area (Å²) in [6.45, 7) is 8.40. The van der Waals surface area contributed by atoms with Crippen molar-refractivity contribution in [1.29, 1.82) is 0 Å². The van der Waals surface area contributed by atoms with E-state index in [1.54, 1.807) is 0 Å². The molecular formula is C16H32N2O. The summed E-state index contributed by atoms with van der Waals surface area (Å²) in [6.07, 6.45) is 8.77. The van der Waals surface area contributed by atoms with Crippen LogP contribution >= 0.6 is 0 Å². The molecule has 0 heterocycles. The smallest absolute Gasteiger partial charge is 0.237 e. The number of rotatable bonds is 7. The first-order valence-electron chi connectivity index (χ1n) is 8.13. The van der Waals surface area contributed by atoms with Crippen LogP contribution in [0.5, 0.6) is 0 Å². The maximum atomic E-state index is 12.0. The summed E-state index contributed by atoms with van der Waals surface area (Å²) in [6, 6.07) is 0.740. The molecule has 1 fully saturated rings. The molecule has 0 aromatic carbocycles. The maximum Gasteiger partial charge on any atom is 0.237 e. The van der Waals surface area contributed by atoms with Crippen molar-refractivity contribution in [2.45, 2.75) is 90.8 Å². The first-order valence-corrected chi connectivity index (χ1v) is 8.13. The highest BCUT2D eigenvalue weighted by Gasteiger charge is 2.23. The summed E-state index contributed by atoms with van der Waals surface area (Å²) in [7, 11) is 0. The molecule has 1 rings (SSSR count). The SMILES string of the molecule is CCCC1CCC(NC(C)C(=O)NC(C)CC)CC1. The molecule has 2 N–H and O–H groups in total. The third-order valence-electron chi connectivity index (χ3n) is 4.42. The summed E-state index contributed by atoms with van der Waals surface area (Å²) >= 11 is 0. The van der Waals surface area contributed by atoms with Crippen LogP contribution in [0.4, 0.5) is 0 Å². The third kappa shape index (κ3) is 5.94. The van der Waals surface area contributed by atoms with Crippen molar-refractivity contribution in [3.05, 3.63) is 0 Å². The van der Waals surface area contributed by atoms with E-state index in [2.05, 4.69) is 31.4 Å². The molecule has 1 aliphatic carbocycles. The van der Waals surface area contributed by atoms with E-state index in [0.717, 1.165) is 12.3 Å². The topological polar surface area (TPSA) is 41.1 Å². The predicted molar refractivity (Wildman–Crippen MR) is 81.1 cm³/mol. The van der Waals surface area contributed by atoms with Gasteiger partial charge in [0.15, 0.2) is 0 Å². The quantitative estimate of drug-likeness (QED) is 0.744. The molecule has 19 heavy (non-hydrogen) atoms. The van der Waals surface area contributed by atoms with Gasteiger partial charge in [0.05, 0.1) is 6.04 Å². The van der Waals surface area contributed by atoms with Crippen molar-refractivity contribution in [2.75, 3.05) is 0 Å². The molecule has 0 bridgehead atoms. The van der Waals surface area contributed by atoms with Crippen LogP contribution in [0.15, 0.2) is 0 Å². The van der Waals surface area contributed by atoms with Crippen molar-refractivity contribution < 1.29 is 4.79 Å². The van der Waals surface area contributed by atoms with Crippen LogP contribution < -0.4 is 10.6 Å². The number of hydrogen-bond acceptors (Lipinski definition) is 2. The van der Waals surface area contributed by atoms with Gasteiger partial charge >= 0.3 is 0 Å². The zero-order valence-corrected chi connectivity index (χ0v) is 13.2. The molecule has 2 atom stereocenters. The van der Waals surface area contributed by atoms with Gasteiger partial charge in [-0.15, -0.1) is 0 Å². The molecule has 0 aliphatic heterocycles. The zero-order valence-electron chi connectivity index (χ0n) is 13.2. The number of hydrogen-bond donors (Lipinski definition) is 2. The van der Waals surface area contributed by atoms with Crippen molar-refractivity contribution in [2.24, 2.45) is 5.92 Å². The second-order valence-electron chi connectivity index (χ2n) is 6.21. The third-order valence-corrected chi connectivity index (χ3v) is 4.42. The molecule has 0 spiro atoms. The van der Waals surface area contributed by atoms with E-state index in [-0.39, 0.29) is 18.0 Å². The number of nitrogens with one attached hydrogen (secondary N) is 2. The van der Waals surface area contributed by atoms with Gasteiger partial charge in [-0.2, -0.15) is 0 Å². The Balaban J connectivity index is 2.26. The zero-order chi connectivity index (χ0) is 14.3. The number of carbonyl (C=O) groups is 1. The van der Waals surface area contributed by atoms with Crippen molar-refractivity contribution >= 4 is 5.91 Å². The average Bonchev–Trinajstić information content (AvgIpc) is 2.41. The van der Waals surface area contributed by atoms with Gasteiger partial charge in [0.25, 0.3) is 0 Å². The predicted octanol–water partition coefficient (Wildman–Crippen LogP) is 3.24. The molecule has 1 amide bonds. The summed E-state index contributed by atoms with van der Waals surface area (Å²) in [5, 5.41) is 6.55. The van der Waals surface area contributed by atoms with E-state index in [4.69, 9.17) is 0 Å². The van der Waals surface area contributed by atoms with Gasteiger partial charge in [-0.1, -0.05) is 26.7 Å². The normalized spacial score (nSPS) is 26.7. The highest BCUT2D eigenvalue weighted by atomic mass is 16.2. The van der Waals surface area contributed by atoms with E-state index in [9.17, 15) is 4.79 Å². The fourth-order valence-corrected chi connectivity index (χ4v) is 2.93. The van der Waals surface area contributed by atoms with Gasteiger partial charge in [0, 0.05) is 12.1 Å². The summed E-state index contributed by atoms with van der Waals surface area (Å²) < 4.78 is 0. The van der Waals surface area contributed by atoms with Gasteiger partial charge in [-0.25, -0.2) is 0 Å². The van der Waals surface area contributed by atoms with Crippen molar-refractivity contribution in [3.8, 4) is 0 Å². The number of amides is 1. The standard InChI is InChI=1S/C16H32N2O/c1-5-7-14-8-10-15(11-9-14)18-13(4)16(19)17-12(3)6-2/h12-15,18H,5-11H2,1-4H3,(H,17,19). The number of carbonyl (C=O) groups excluding carboxylic acids is 1. The minimum absolute atomic E-state index is 0.0678. The first-order chi connectivity index (χ1) is 9.06. The lowest BCUT2D eigenvalue weighted by Gasteiger charge is -2.31. The molecule has 3 heteroatoms. The van der Waals surface area contributed by atoms with Crippen LogP contribution in [-0.2, 0) is 4.79 Å². The van der Waals surface area contributed by atoms with Gasteiger partial charge in [-0.05, 0) is 51.9 Å². The Labute approximate surface area is 118 Å². The van der Waals surface area contributed by atoms with Crippen LogP contribution in [0.25, 0.3) is 0 Å². The van der Waals surface area contributed by atoms with Crippen molar-refractivity contribution in [1.82, 2.24) is 10.6 Å². The van der Waals surface area contributed by atoms with Crippen LogP contribution in [-0.4, -0.2) is 24.0 Å². The van der Waals surface area contributed by atoms with Gasteiger partial charge in [-0.3, -0.25) is 4.79 Å². The lowest BCUT2D eigenvalue weighted by atomic mass is 9.83. The Kier molecular flexibility index (Phi) is 7.44. The second-order valence-corrected chi connectivity index (χ2v) is 6.21. The average molecular weight is 268 g/mol. The lowest BCUT2D eigenvalue weighted by molar-refractivity contribution is -0.123. The molecular weight excluding hydrogens is 236 g/mol. The van der Waals surface area contributed by atoms with E-state index in [1.807, 2.05) is 6.92 Å². The summed E-state index contributed by atoms with van der Waals surface area (Å²) in [5.41, 5.74) is 0. The summed E-state index contributed by atoms with van der Waals surface area (Å²) in [5.74, 6) is 1.07. The molecule has 2 unspecified atom stereocenters. The summed E-state index contributed by atoms with van der Waals surface area (Å²) in [4.78, 5) is 12.0. The molecule has 3 nitrogen and oxygen atoms in total. The molecule has 112 valence electrons. The van der Waals surface area contributed by atoms with E-state index >= 15 is 0 Å². The minimum Gasteiger partial charge on any atom is -0.352 e. The minimum atomic E-state index is -0.0678. The highest BCUT2D eigenvalue weighted by Crippen LogP contribution is 2.27. The molecule has 1 saturated carbocycles. The van der Waals surface area contributed by atoms with Gasteiger partial charge < -0.3 is 10.6 Å². The van der Waals surface area contributed by atoms with E-state index < -0.39 is 0 Å². The molecule has 0 saturated heterocycles. The fourth-order valence-electron chi connectivity index (χ4n) is 2.93. The van der Waals surface area contributed by atoms with Crippen LogP contribution in [0.1, 0.15) is 72.6 Å². The van der Waals surface area contributed by atoms with E-state index in [0.29, 0.717) is 6.04 Å². The Morgan fingerprint density at radius 2 is 1.79 bits per heavy atom. The largest absolute Gasteiger partial charge is 0.352 e.